The van der Waals surface area contributed by atoms with E-state index in [0.29, 0.717) is 25.9 Å². The number of benzene rings is 2. The van der Waals surface area contributed by atoms with Gasteiger partial charge in [0.15, 0.2) is 5.82 Å². The van der Waals surface area contributed by atoms with E-state index < -0.39 is 11.6 Å². The normalized spacial score (nSPS) is 14.4. The molecule has 6 nitrogen and oxygen atoms in total. The Morgan fingerprint density at radius 3 is 2.42 bits per heavy atom. The lowest BCUT2D eigenvalue weighted by Gasteiger charge is -2.31. The van der Waals surface area contributed by atoms with Crippen molar-refractivity contribution in [3.05, 3.63) is 66.2 Å². The summed E-state index contributed by atoms with van der Waals surface area (Å²) in [7, 11) is 1.62. The maximum atomic E-state index is 13.8. The number of hydrogen-bond donors (Lipinski definition) is 1. The summed E-state index contributed by atoms with van der Waals surface area (Å²) in [5, 5.41) is 11.2. The quantitative estimate of drug-likeness (QED) is 0.662. The van der Waals surface area contributed by atoms with Crippen LogP contribution in [0.2, 0.25) is 0 Å². The standard InChI is InChI=1S/C23H22F2N4O2/c1-31-18-5-2-15(3-6-18)20-8-9-22(28-27-20)29-12-10-16(11-13-29)23(30)26-21-14-17(24)4-7-19(21)25/h2-9,14,16H,10-13H2,1H3,(H,26,30). The van der Waals surface area contributed by atoms with Crippen LogP contribution in [0, 0.1) is 17.6 Å². The molecule has 0 spiro atoms. The smallest absolute Gasteiger partial charge is 0.227 e. The maximum Gasteiger partial charge on any atom is 0.227 e. The predicted molar refractivity (Wildman–Crippen MR) is 114 cm³/mol. The van der Waals surface area contributed by atoms with E-state index in [4.69, 9.17) is 4.74 Å². The Bertz CT molecular complexity index is 1050. The average molecular weight is 424 g/mol. The van der Waals surface area contributed by atoms with Crippen LogP contribution in [0.15, 0.2) is 54.6 Å². The Hall–Kier alpha value is -3.55. The van der Waals surface area contributed by atoms with Crippen LogP contribution < -0.4 is 15.0 Å². The fraction of sp³-hybridized carbons (Fsp3) is 0.261. The highest BCUT2D eigenvalue weighted by Crippen LogP contribution is 2.26. The van der Waals surface area contributed by atoms with E-state index in [-0.39, 0.29) is 17.5 Å². The third kappa shape index (κ3) is 4.79. The number of ether oxygens (including phenoxy) is 1. The van der Waals surface area contributed by atoms with Gasteiger partial charge in [-0.15, -0.1) is 10.2 Å². The van der Waals surface area contributed by atoms with Crippen LogP contribution in [0.5, 0.6) is 5.75 Å². The van der Waals surface area contributed by atoms with Crippen LogP contribution in [0.25, 0.3) is 11.3 Å². The molecule has 0 saturated carbocycles. The molecule has 1 saturated heterocycles. The van der Waals surface area contributed by atoms with Gasteiger partial charge in [0, 0.05) is 30.6 Å². The molecule has 1 aliphatic rings. The van der Waals surface area contributed by atoms with Crippen LogP contribution in [-0.2, 0) is 4.79 Å². The van der Waals surface area contributed by atoms with Crippen molar-refractivity contribution in [1.82, 2.24) is 10.2 Å². The summed E-state index contributed by atoms with van der Waals surface area (Å²) in [5.41, 5.74) is 1.57. The van der Waals surface area contributed by atoms with Crippen molar-refractivity contribution in [2.24, 2.45) is 5.92 Å². The molecule has 1 aliphatic heterocycles. The third-order valence-electron chi connectivity index (χ3n) is 5.41. The van der Waals surface area contributed by atoms with E-state index in [1.165, 1.54) is 0 Å². The van der Waals surface area contributed by atoms with Gasteiger partial charge in [-0.2, -0.15) is 0 Å². The fourth-order valence-corrected chi connectivity index (χ4v) is 3.61. The number of anilines is 2. The highest BCUT2D eigenvalue weighted by Gasteiger charge is 2.26. The summed E-state index contributed by atoms with van der Waals surface area (Å²) >= 11 is 0. The van der Waals surface area contributed by atoms with Crippen molar-refractivity contribution in [1.29, 1.82) is 0 Å². The highest BCUT2D eigenvalue weighted by atomic mass is 19.1. The van der Waals surface area contributed by atoms with E-state index in [0.717, 1.165) is 41.0 Å². The minimum atomic E-state index is -0.653. The Kier molecular flexibility index (Phi) is 6.06. The Balaban J connectivity index is 1.35. The molecular weight excluding hydrogens is 402 g/mol. The highest BCUT2D eigenvalue weighted by molar-refractivity contribution is 5.92. The zero-order chi connectivity index (χ0) is 21.8. The Labute approximate surface area is 178 Å². The molecule has 31 heavy (non-hydrogen) atoms. The van der Waals surface area contributed by atoms with Crippen LogP contribution in [0.3, 0.4) is 0 Å². The second-order valence-corrected chi connectivity index (χ2v) is 7.38. The van der Waals surface area contributed by atoms with Crippen LogP contribution in [0.4, 0.5) is 20.3 Å². The number of rotatable bonds is 5. The van der Waals surface area contributed by atoms with Gasteiger partial charge in [-0.1, -0.05) is 0 Å². The molecule has 3 aromatic rings. The van der Waals surface area contributed by atoms with Crippen molar-refractivity contribution in [3.8, 4) is 17.0 Å². The van der Waals surface area contributed by atoms with Crippen LogP contribution in [-0.4, -0.2) is 36.3 Å². The van der Waals surface area contributed by atoms with Gasteiger partial charge in [-0.05, 0) is 61.4 Å². The van der Waals surface area contributed by atoms with Crippen molar-refractivity contribution in [2.45, 2.75) is 12.8 Å². The van der Waals surface area contributed by atoms with E-state index in [1.54, 1.807) is 7.11 Å². The Morgan fingerprint density at radius 1 is 1.03 bits per heavy atom. The van der Waals surface area contributed by atoms with Crippen molar-refractivity contribution in [3.63, 3.8) is 0 Å². The summed E-state index contributed by atoms with van der Waals surface area (Å²) in [4.78, 5) is 14.5. The lowest BCUT2D eigenvalue weighted by atomic mass is 9.95. The maximum absolute atomic E-state index is 13.8. The molecular formula is C23H22F2N4O2. The molecule has 160 valence electrons. The first-order valence-corrected chi connectivity index (χ1v) is 10.0. The predicted octanol–water partition coefficient (Wildman–Crippen LogP) is 4.29. The molecule has 4 rings (SSSR count). The number of piperidine rings is 1. The van der Waals surface area contributed by atoms with Gasteiger partial charge in [0.05, 0.1) is 18.5 Å². The van der Waals surface area contributed by atoms with Gasteiger partial charge >= 0.3 is 0 Å². The summed E-state index contributed by atoms with van der Waals surface area (Å²) in [5.74, 6) is -0.300. The lowest BCUT2D eigenvalue weighted by Crippen LogP contribution is -2.38. The SMILES string of the molecule is COc1ccc(-c2ccc(N3CCC(C(=O)Nc4cc(F)ccc4F)CC3)nn2)cc1. The minimum absolute atomic E-state index is 0.132. The van der Waals surface area contributed by atoms with Gasteiger partial charge in [-0.3, -0.25) is 4.79 Å². The number of carbonyl (C=O) groups excluding carboxylic acids is 1. The van der Waals surface area contributed by atoms with E-state index in [9.17, 15) is 13.6 Å². The number of amides is 1. The average Bonchev–Trinajstić information content (AvgIpc) is 2.82. The van der Waals surface area contributed by atoms with E-state index in [1.807, 2.05) is 36.4 Å². The largest absolute Gasteiger partial charge is 0.497 e. The second kappa shape index (κ2) is 9.07. The summed E-state index contributed by atoms with van der Waals surface area (Å²) in [6, 6.07) is 14.4. The molecule has 0 aliphatic carbocycles. The third-order valence-corrected chi connectivity index (χ3v) is 5.41. The number of methoxy groups -OCH3 is 1. The summed E-state index contributed by atoms with van der Waals surface area (Å²) in [6.45, 7) is 1.25. The van der Waals surface area contributed by atoms with Crippen molar-refractivity contribution in [2.75, 3.05) is 30.4 Å². The number of carbonyl (C=O) groups is 1. The first-order valence-electron chi connectivity index (χ1n) is 10.0. The van der Waals surface area contributed by atoms with E-state index >= 15 is 0 Å². The molecule has 1 aromatic heterocycles. The second-order valence-electron chi connectivity index (χ2n) is 7.38. The minimum Gasteiger partial charge on any atom is -0.497 e. The molecule has 1 amide bonds. The first-order chi connectivity index (χ1) is 15.0. The summed E-state index contributed by atoms with van der Waals surface area (Å²) < 4.78 is 32.2. The molecule has 8 heteroatoms. The molecule has 1 fully saturated rings. The number of nitrogens with zero attached hydrogens (tertiary/aromatic N) is 3. The zero-order valence-electron chi connectivity index (χ0n) is 17.0. The number of nitrogens with one attached hydrogen (secondary N) is 1. The molecule has 2 aromatic carbocycles. The van der Waals surface area contributed by atoms with Gasteiger partial charge in [0.25, 0.3) is 0 Å². The molecule has 1 N–H and O–H groups in total. The Morgan fingerprint density at radius 2 is 1.77 bits per heavy atom. The zero-order valence-corrected chi connectivity index (χ0v) is 17.0. The monoisotopic (exact) mass is 424 g/mol. The molecule has 2 heterocycles. The number of aromatic nitrogens is 2. The fourth-order valence-electron chi connectivity index (χ4n) is 3.61. The first kappa shape index (κ1) is 20.7. The van der Waals surface area contributed by atoms with Gasteiger partial charge < -0.3 is 15.0 Å². The summed E-state index contributed by atoms with van der Waals surface area (Å²) in [6.07, 6.45) is 1.18. The molecule has 0 unspecified atom stereocenters. The van der Waals surface area contributed by atoms with E-state index in [2.05, 4.69) is 20.4 Å². The van der Waals surface area contributed by atoms with Crippen molar-refractivity contribution < 1.29 is 18.3 Å². The van der Waals surface area contributed by atoms with Crippen LogP contribution >= 0.6 is 0 Å². The van der Waals surface area contributed by atoms with Crippen molar-refractivity contribution >= 4 is 17.4 Å². The molecule has 0 radical (unpaired) electrons. The van der Waals surface area contributed by atoms with Crippen LogP contribution in [0.1, 0.15) is 12.8 Å². The van der Waals surface area contributed by atoms with Gasteiger partial charge in [0.2, 0.25) is 5.91 Å². The number of halogens is 2. The van der Waals surface area contributed by atoms with Gasteiger partial charge in [-0.25, -0.2) is 8.78 Å². The lowest BCUT2D eigenvalue weighted by molar-refractivity contribution is -0.120. The number of hydrogen-bond acceptors (Lipinski definition) is 5. The van der Waals surface area contributed by atoms with Gasteiger partial charge in [0.1, 0.15) is 17.4 Å². The molecule has 0 atom stereocenters. The topological polar surface area (TPSA) is 67.3 Å². The molecule has 0 bridgehead atoms.